The first kappa shape index (κ1) is 24.9. The van der Waals surface area contributed by atoms with Crippen LogP contribution < -0.4 is 15.4 Å². The maximum atomic E-state index is 13.1. The molecule has 0 bridgehead atoms. The summed E-state index contributed by atoms with van der Waals surface area (Å²) in [5.74, 6) is 0.884. The van der Waals surface area contributed by atoms with Gasteiger partial charge in [0.05, 0.1) is 6.04 Å². The lowest BCUT2D eigenvalue weighted by atomic mass is 9.86. The number of fused-ring (bicyclic) bond motifs is 1. The van der Waals surface area contributed by atoms with Crippen molar-refractivity contribution in [1.82, 2.24) is 5.32 Å². The zero-order valence-corrected chi connectivity index (χ0v) is 22.2. The summed E-state index contributed by atoms with van der Waals surface area (Å²) >= 11 is 5.65. The highest BCUT2D eigenvalue weighted by atomic mass is 32.1. The van der Waals surface area contributed by atoms with E-state index in [0.717, 1.165) is 29.0 Å². The highest BCUT2D eigenvalue weighted by Gasteiger charge is 2.34. The Morgan fingerprint density at radius 2 is 1.71 bits per heavy atom. The van der Waals surface area contributed by atoms with E-state index in [4.69, 9.17) is 17.0 Å². The normalized spacial score (nSPS) is 16.6. The second-order valence-corrected chi connectivity index (χ2v) is 11.4. The van der Waals surface area contributed by atoms with Crippen molar-refractivity contribution >= 4 is 28.8 Å². The van der Waals surface area contributed by atoms with Crippen molar-refractivity contribution in [1.29, 1.82) is 0 Å². The fraction of sp³-hybridized carbons (Fsp3) is 0.333. The Labute approximate surface area is 214 Å². The van der Waals surface area contributed by atoms with Gasteiger partial charge in [0.15, 0.2) is 10.9 Å². The number of nitrogens with one attached hydrogen (secondary N) is 2. The number of ketones is 1. The van der Waals surface area contributed by atoms with Gasteiger partial charge in [-0.25, -0.2) is 0 Å². The summed E-state index contributed by atoms with van der Waals surface area (Å²) in [5, 5.41) is 7.23. The molecule has 0 spiro atoms. The molecule has 1 aliphatic heterocycles. The van der Waals surface area contributed by atoms with Crippen LogP contribution in [0.4, 0.5) is 5.69 Å². The number of carbonyl (C=O) groups is 1. The van der Waals surface area contributed by atoms with Gasteiger partial charge >= 0.3 is 0 Å². The molecule has 1 atom stereocenters. The van der Waals surface area contributed by atoms with E-state index in [0.29, 0.717) is 16.2 Å². The van der Waals surface area contributed by atoms with Gasteiger partial charge in [-0.2, -0.15) is 0 Å². The zero-order chi connectivity index (χ0) is 25.4. The van der Waals surface area contributed by atoms with Crippen LogP contribution in [0.5, 0.6) is 5.75 Å². The lowest BCUT2D eigenvalue weighted by molar-refractivity contribution is 0.0696. The quantitative estimate of drug-likeness (QED) is 0.304. The maximum absolute atomic E-state index is 13.1. The highest BCUT2D eigenvalue weighted by molar-refractivity contribution is 7.80. The van der Waals surface area contributed by atoms with Crippen LogP contribution in [0, 0.1) is 6.92 Å². The highest BCUT2D eigenvalue weighted by Crippen LogP contribution is 2.40. The van der Waals surface area contributed by atoms with Gasteiger partial charge in [0.25, 0.3) is 0 Å². The number of aryl methyl sites for hydroxylation is 1. The van der Waals surface area contributed by atoms with E-state index in [9.17, 15) is 4.79 Å². The van der Waals surface area contributed by atoms with Gasteiger partial charge in [-0.1, -0.05) is 69.3 Å². The molecular weight excluding hydrogens is 452 g/mol. The molecule has 0 fully saturated rings. The predicted molar refractivity (Wildman–Crippen MR) is 148 cm³/mol. The molecule has 4 nitrogen and oxygen atoms in total. The SMILES string of the molecule is Cc1ccc2c(c1)OC(C)(C)C[C@@H]2NC(=S)Nc1cccc(C(=O)c2ccc(C(C)(C)C)cc2)c1. The molecule has 0 unspecified atom stereocenters. The number of benzene rings is 3. The van der Waals surface area contributed by atoms with E-state index in [1.165, 1.54) is 5.56 Å². The van der Waals surface area contributed by atoms with Crippen molar-refractivity contribution in [2.75, 3.05) is 5.32 Å². The van der Waals surface area contributed by atoms with Crippen LogP contribution in [0.3, 0.4) is 0 Å². The Kier molecular flexibility index (Phi) is 6.74. The third-order valence-electron chi connectivity index (χ3n) is 6.33. The number of carbonyl (C=O) groups excluding carboxylic acids is 1. The number of anilines is 1. The molecule has 5 heteroatoms. The van der Waals surface area contributed by atoms with Crippen molar-refractivity contribution < 1.29 is 9.53 Å². The number of thiocarbonyl (C=S) groups is 1. The summed E-state index contributed by atoms with van der Waals surface area (Å²) < 4.78 is 6.20. The average Bonchev–Trinajstić information content (AvgIpc) is 2.77. The van der Waals surface area contributed by atoms with Crippen LogP contribution in [0.1, 0.15) is 79.7 Å². The Bertz CT molecular complexity index is 1260. The molecular formula is C30H34N2O2S. The molecule has 2 N–H and O–H groups in total. The molecule has 0 saturated heterocycles. The number of rotatable bonds is 4. The van der Waals surface area contributed by atoms with Gasteiger partial charge in [0.2, 0.25) is 0 Å². The predicted octanol–water partition coefficient (Wildman–Crippen LogP) is 7.11. The summed E-state index contributed by atoms with van der Waals surface area (Å²) in [6, 6.07) is 21.6. The molecule has 0 aliphatic carbocycles. The van der Waals surface area contributed by atoms with E-state index >= 15 is 0 Å². The first-order valence-corrected chi connectivity index (χ1v) is 12.4. The van der Waals surface area contributed by atoms with Crippen molar-refractivity contribution in [3.63, 3.8) is 0 Å². The lowest BCUT2D eigenvalue weighted by Gasteiger charge is -2.38. The molecule has 4 rings (SSSR count). The summed E-state index contributed by atoms with van der Waals surface area (Å²) in [6.07, 6.45) is 0.786. The van der Waals surface area contributed by atoms with Gasteiger partial charge in [-0.3, -0.25) is 4.79 Å². The first-order valence-electron chi connectivity index (χ1n) is 12.0. The summed E-state index contributed by atoms with van der Waals surface area (Å²) in [6.45, 7) is 12.7. The number of ether oxygens (including phenoxy) is 1. The van der Waals surface area contributed by atoms with Crippen molar-refractivity contribution in [2.45, 2.75) is 65.0 Å². The average molecular weight is 487 g/mol. The van der Waals surface area contributed by atoms with Gasteiger partial charge in [-0.15, -0.1) is 0 Å². The lowest BCUT2D eigenvalue weighted by Crippen LogP contribution is -2.42. The molecule has 35 heavy (non-hydrogen) atoms. The summed E-state index contributed by atoms with van der Waals surface area (Å²) in [4.78, 5) is 13.1. The van der Waals surface area contributed by atoms with Gasteiger partial charge in [0.1, 0.15) is 11.4 Å². The Balaban J connectivity index is 1.47. The molecule has 0 saturated carbocycles. The third kappa shape index (κ3) is 5.91. The molecule has 0 amide bonds. The zero-order valence-electron chi connectivity index (χ0n) is 21.4. The largest absolute Gasteiger partial charge is 0.487 e. The molecule has 1 heterocycles. The minimum atomic E-state index is -0.303. The smallest absolute Gasteiger partial charge is 0.193 e. The summed E-state index contributed by atoms with van der Waals surface area (Å²) in [5.41, 5.74) is 5.28. The van der Waals surface area contributed by atoms with E-state index in [1.807, 2.05) is 48.5 Å². The topological polar surface area (TPSA) is 50.4 Å². The van der Waals surface area contributed by atoms with Crippen LogP contribution in [-0.4, -0.2) is 16.5 Å². The minimum Gasteiger partial charge on any atom is -0.487 e. The molecule has 182 valence electrons. The Morgan fingerprint density at radius 3 is 2.40 bits per heavy atom. The van der Waals surface area contributed by atoms with Crippen molar-refractivity contribution in [2.24, 2.45) is 0 Å². The van der Waals surface area contributed by atoms with Crippen LogP contribution in [0.2, 0.25) is 0 Å². The van der Waals surface area contributed by atoms with E-state index in [1.54, 1.807) is 0 Å². The van der Waals surface area contributed by atoms with Crippen LogP contribution in [0.15, 0.2) is 66.7 Å². The number of hydrogen-bond acceptors (Lipinski definition) is 3. The number of hydrogen-bond donors (Lipinski definition) is 2. The fourth-order valence-corrected chi connectivity index (χ4v) is 4.70. The van der Waals surface area contributed by atoms with Crippen molar-refractivity contribution in [3.05, 3.63) is 94.5 Å². The molecule has 3 aromatic carbocycles. The monoisotopic (exact) mass is 486 g/mol. The second-order valence-electron chi connectivity index (χ2n) is 11.0. The third-order valence-corrected chi connectivity index (χ3v) is 6.55. The Morgan fingerprint density at radius 1 is 1.00 bits per heavy atom. The van der Waals surface area contributed by atoms with E-state index in [2.05, 4.69) is 70.4 Å². The fourth-order valence-electron chi connectivity index (χ4n) is 4.44. The van der Waals surface area contributed by atoms with Crippen molar-refractivity contribution in [3.8, 4) is 5.75 Å². The van der Waals surface area contributed by atoms with Gasteiger partial charge in [-0.05, 0) is 67.7 Å². The van der Waals surface area contributed by atoms with Gasteiger partial charge in [0, 0.05) is 28.8 Å². The second kappa shape index (κ2) is 9.46. The summed E-state index contributed by atoms with van der Waals surface area (Å²) in [7, 11) is 0. The standard InChI is InChI=1S/C30H34N2O2S/c1-19-10-15-24-25(18-30(5,6)34-26(24)16-19)32-28(35)31-23-9-7-8-21(17-23)27(33)20-11-13-22(14-12-20)29(2,3)4/h7-17,25H,18H2,1-6H3,(H2,31,32,35)/t25-/m0/s1. The van der Waals surface area contributed by atoms with Crippen LogP contribution in [0.25, 0.3) is 0 Å². The molecule has 0 radical (unpaired) electrons. The maximum Gasteiger partial charge on any atom is 0.193 e. The van der Waals surface area contributed by atoms with E-state index in [-0.39, 0.29) is 22.8 Å². The van der Waals surface area contributed by atoms with Crippen LogP contribution >= 0.6 is 12.2 Å². The van der Waals surface area contributed by atoms with Gasteiger partial charge < -0.3 is 15.4 Å². The van der Waals surface area contributed by atoms with E-state index < -0.39 is 0 Å². The molecule has 0 aromatic heterocycles. The van der Waals surface area contributed by atoms with Crippen LogP contribution in [-0.2, 0) is 5.41 Å². The first-order chi connectivity index (χ1) is 16.4. The molecule has 3 aromatic rings. The minimum absolute atomic E-state index is 0.0107. The molecule has 1 aliphatic rings. The Hall–Kier alpha value is -3.18.